The van der Waals surface area contributed by atoms with E-state index in [0.29, 0.717) is 12.8 Å². The van der Waals surface area contributed by atoms with Crippen molar-refractivity contribution in [2.24, 2.45) is 0 Å². The molecule has 0 saturated heterocycles. The van der Waals surface area contributed by atoms with Gasteiger partial charge in [-0.05, 0) is 31.0 Å². The molecule has 0 atom stereocenters. The number of hydrogen-bond donors (Lipinski definition) is 2. The number of aliphatic carboxylic acids is 1. The number of phenols is 1. The van der Waals surface area contributed by atoms with Crippen LogP contribution < -0.4 is 0 Å². The minimum Gasteiger partial charge on any atom is -0.508 e. The number of carbonyl (C=O) groups is 1. The summed E-state index contributed by atoms with van der Waals surface area (Å²) >= 11 is 0. The Kier molecular flexibility index (Phi) is 3.05. The molecule has 0 spiro atoms. The molecule has 17 heavy (non-hydrogen) atoms. The van der Waals surface area contributed by atoms with Crippen LogP contribution in [-0.2, 0) is 10.2 Å². The predicted molar refractivity (Wildman–Crippen MR) is 60.5 cm³/mol. The lowest BCUT2D eigenvalue weighted by molar-refractivity contribution is -0.145. The van der Waals surface area contributed by atoms with Gasteiger partial charge in [0.05, 0.1) is 5.41 Å². The van der Waals surface area contributed by atoms with Crippen LogP contribution in [0.2, 0.25) is 0 Å². The molecule has 0 amide bonds. The number of phenolic OH excluding ortho intramolecular Hbond substituents is 1. The Labute approximate surface area is 98.9 Å². The van der Waals surface area contributed by atoms with Crippen molar-refractivity contribution in [1.29, 1.82) is 0 Å². The van der Waals surface area contributed by atoms with E-state index in [-0.39, 0.29) is 11.3 Å². The maximum absolute atomic E-state index is 13.2. The number of carboxylic acid groups (broad SMARTS) is 1. The van der Waals surface area contributed by atoms with Crippen molar-refractivity contribution in [2.45, 2.75) is 37.5 Å². The molecule has 0 aliphatic heterocycles. The number of carboxylic acids is 1. The molecule has 1 aliphatic rings. The van der Waals surface area contributed by atoms with Crippen molar-refractivity contribution in [3.8, 4) is 5.75 Å². The summed E-state index contributed by atoms with van der Waals surface area (Å²) in [7, 11) is 0. The third kappa shape index (κ3) is 1.99. The Balaban J connectivity index is 2.52. The molecule has 1 fully saturated rings. The molecule has 1 aliphatic carbocycles. The van der Waals surface area contributed by atoms with Crippen molar-refractivity contribution >= 4 is 5.97 Å². The number of rotatable bonds is 2. The molecule has 1 aromatic carbocycles. The third-order valence-electron chi connectivity index (χ3n) is 3.59. The number of aromatic hydroxyl groups is 1. The summed E-state index contributed by atoms with van der Waals surface area (Å²) < 4.78 is 13.2. The molecule has 1 saturated carbocycles. The van der Waals surface area contributed by atoms with Crippen LogP contribution in [0.5, 0.6) is 5.75 Å². The molecule has 0 bridgehead atoms. The van der Waals surface area contributed by atoms with Crippen LogP contribution >= 0.6 is 0 Å². The van der Waals surface area contributed by atoms with Crippen LogP contribution in [0, 0.1) is 5.82 Å². The van der Waals surface area contributed by atoms with E-state index in [1.54, 1.807) is 0 Å². The largest absolute Gasteiger partial charge is 0.508 e. The summed E-state index contributed by atoms with van der Waals surface area (Å²) in [5.74, 6) is -1.61. The van der Waals surface area contributed by atoms with Gasteiger partial charge in [0.25, 0.3) is 0 Å². The summed E-state index contributed by atoms with van der Waals surface area (Å²) in [6.07, 6.45) is 3.49. The van der Waals surface area contributed by atoms with Crippen LogP contribution in [-0.4, -0.2) is 16.2 Å². The molecule has 3 nitrogen and oxygen atoms in total. The second-order valence-electron chi connectivity index (χ2n) is 4.61. The quantitative estimate of drug-likeness (QED) is 0.832. The Hall–Kier alpha value is -1.58. The van der Waals surface area contributed by atoms with Crippen LogP contribution in [0.3, 0.4) is 0 Å². The molecule has 92 valence electrons. The maximum Gasteiger partial charge on any atom is 0.314 e. The average molecular weight is 238 g/mol. The highest BCUT2D eigenvalue weighted by atomic mass is 19.1. The lowest BCUT2D eigenvalue weighted by atomic mass is 9.69. The fourth-order valence-corrected chi connectivity index (χ4v) is 2.65. The van der Waals surface area contributed by atoms with Gasteiger partial charge in [-0.2, -0.15) is 0 Å². The normalized spacial score (nSPS) is 18.9. The first-order valence-electron chi connectivity index (χ1n) is 5.79. The molecule has 0 heterocycles. The lowest BCUT2D eigenvalue weighted by Gasteiger charge is -2.34. The van der Waals surface area contributed by atoms with Gasteiger partial charge in [0.1, 0.15) is 11.6 Å². The van der Waals surface area contributed by atoms with Crippen molar-refractivity contribution in [1.82, 2.24) is 0 Å². The third-order valence-corrected chi connectivity index (χ3v) is 3.59. The second kappa shape index (κ2) is 4.35. The topological polar surface area (TPSA) is 57.5 Å². The predicted octanol–water partition coefficient (Wildman–Crippen LogP) is 2.82. The standard InChI is InChI=1S/C13H15FO3/c14-9-4-5-11(15)10(8-9)13(12(16)17)6-2-1-3-7-13/h4-5,8,15H,1-3,6-7H2,(H,16,17). The monoisotopic (exact) mass is 238 g/mol. The number of halogens is 1. The van der Waals surface area contributed by atoms with Crippen molar-refractivity contribution in [3.63, 3.8) is 0 Å². The minimum atomic E-state index is -1.12. The first kappa shape index (κ1) is 11.9. The summed E-state index contributed by atoms with van der Waals surface area (Å²) in [6, 6.07) is 3.51. The first-order valence-corrected chi connectivity index (χ1v) is 5.79. The fraction of sp³-hybridized carbons (Fsp3) is 0.462. The van der Waals surface area contributed by atoms with E-state index in [1.165, 1.54) is 6.07 Å². The van der Waals surface area contributed by atoms with Gasteiger partial charge in [-0.1, -0.05) is 19.3 Å². The van der Waals surface area contributed by atoms with Gasteiger partial charge in [-0.15, -0.1) is 0 Å². The van der Waals surface area contributed by atoms with Gasteiger partial charge in [0, 0.05) is 5.56 Å². The molecular formula is C13H15FO3. The van der Waals surface area contributed by atoms with Gasteiger partial charge >= 0.3 is 5.97 Å². The zero-order valence-electron chi connectivity index (χ0n) is 9.45. The lowest BCUT2D eigenvalue weighted by Crippen LogP contribution is -2.38. The van der Waals surface area contributed by atoms with E-state index in [1.807, 2.05) is 0 Å². The van der Waals surface area contributed by atoms with E-state index in [9.17, 15) is 19.4 Å². The van der Waals surface area contributed by atoms with Gasteiger partial charge < -0.3 is 10.2 Å². The summed E-state index contributed by atoms with van der Waals surface area (Å²) in [5, 5.41) is 19.2. The molecular weight excluding hydrogens is 223 g/mol. The van der Waals surface area contributed by atoms with E-state index < -0.39 is 17.2 Å². The Morgan fingerprint density at radius 2 is 1.88 bits per heavy atom. The zero-order chi connectivity index (χ0) is 12.5. The Bertz CT molecular complexity index is 436. The van der Waals surface area contributed by atoms with Crippen molar-refractivity contribution in [2.75, 3.05) is 0 Å². The van der Waals surface area contributed by atoms with E-state index >= 15 is 0 Å². The molecule has 1 aromatic rings. The van der Waals surface area contributed by atoms with Gasteiger partial charge in [-0.25, -0.2) is 4.39 Å². The second-order valence-corrected chi connectivity index (χ2v) is 4.61. The Morgan fingerprint density at radius 1 is 1.24 bits per heavy atom. The van der Waals surface area contributed by atoms with Gasteiger partial charge in [-0.3, -0.25) is 4.79 Å². The highest BCUT2D eigenvalue weighted by Crippen LogP contribution is 2.43. The molecule has 2 rings (SSSR count). The zero-order valence-corrected chi connectivity index (χ0v) is 9.45. The summed E-state index contributed by atoms with van der Waals surface area (Å²) in [6.45, 7) is 0. The van der Waals surface area contributed by atoms with Crippen molar-refractivity contribution < 1.29 is 19.4 Å². The molecule has 2 N–H and O–H groups in total. The first-order chi connectivity index (χ1) is 8.06. The maximum atomic E-state index is 13.2. The summed E-state index contributed by atoms with van der Waals surface area (Å²) in [5.41, 5.74) is -0.908. The van der Waals surface area contributed by atoms with Gasteiger partial charge in [0.15, 0.2) is 0 Å². The summed E-state index contributed by atoms with van der Waals surface area (Å²) in [4.78, 5) is 11.5. The average Bonchev–Trinajstić information content (AvgIpc) is 2.33. The van der Waals surface area contributed by atoms with Crippen LogP contribution in [0.4, 0.5) is 4.39 Å². The smallest absolute Gasteiger partial charge is 0.314 e. The Morgan fingerprint density at radius 3 is 2.47 bits per heavy atom. The molecule has 0 unspecified atom stereocenters. The number of benzene rings is 1. The van der Waals surface area contributed by atoms with Gasteiger partial charge in [0.2, 0.25) is 0 Å². The minimum absolute atomic E-state index is 0.129. The van der Waals surface area contributed by atoms with Crippen LogP contribution in [0.1, 0.15) is 37.7 Å². The molecule has 4 heteroatoms. The van der Waals surface area contributed by atoms with Crippen molar-refractivity contribution in [3.05, 3.63) is 29.6 Å². The van der Waals surface area contributed by atoms with E-state index in [0.717, 1.165) is 31.4 Å². The fourth-order valence-electron chi connectivity index (χ4n) is 2.65. The number of hydrogen-bond acceptors (Lipinski definition) is 2. The molecule has 0 radical (unpaired) electrons. The van der Waals surface area contributed by atoms with Crippen LogP contribution in [0.15, 0.2) is 18.2 Å². The highest BCUT2D eigenvalue weighted by molar-refractivity contribution is 5.82. The SMILES string of the molecule is O=C(O)C1(c2cc(F)ccc2O)CCCCC1. The highest BCUT2D eigenvalue weighted by Gasteiger charge is 2.43. The molecule has 0 aromatic heterocycles. The van der Waals surface area contributed by atoms with E-state index in [4.69, 9.17) is 0 Å². The van der Waals surface area contributed by atoms with Crippen LogP contribution in [0.25, 0.3) is 0 Å². The van der Waals surface area contributed by atoms with E-state index in [2.05, 4.69) is 0 Å².